The highest BCUT2D eigenvalue weighted by molar-refractivity contribution is 9.10. The molecule has 1 aromatic rings. The second kappa shape index (κ2) is 8.29. The number of aliphatic carboxylic acids is 1. The maximum absolute atomic E-state index is 12.4. The molecule has 0 saturated heterocycles. The smallest absolute Gasteiger partial charge is 0.307 e. The van der Waals surface area contributed by atoms with Gasteiger partial charge < -0.3 is 10.0 Å². The van der Waals surface area contributed by atoms with E-state index in [1.165, 1.54) is 0 Å². The Morgan fingerprint density at radius 3 is 2.23 bits per heavy atom. The highest BCUT2D eigenvalue weighted by Gasteiger charge is 2.24. The second-order valence-electron chi connectivity index (χ2n) is 5.68. The molecule has 1 N–H and O–H groups in total. The first kappa shape index (κ1) is 18.6. The number of hydrogen-bond acceptors (Lipinski definition) is 3. The van der Waals surface area contributed by atoms with Crippen molar-refractivity contribution in [2.75, 3.05) is 20.6 Å². The molecule has 0 fully saturated rings. The molecule has 0 spiro atoms. The van der Waals surface area contributed by atoms with Gasteiger partial charge in [0, 0.05) is 24.6 Å². The number of carboxylic acid groups (broad SMARTS) is 1. The van der Waals surface area contributed by atoms with Gasteiger partial charge in [-0.2, -0.15) is 0 Å². The van der Waals surface area contributed by atoms with Crippen LogP contribution in [0.15, 0.2) is 28.7 Å². The number of amides is 1. The van der Waals surface area contributed by atoms with Gasteiger partial charge in [-0.3, -0.25) is 14.5 Å². The summed E-state index contributed by atoms with van der Waals surface area (Å²) in [6, 6.07) is 7.46. The van der Waals surface area contributed by atoms with E-state index in [0.29, 0.717) is 13.1 Å². The molecule has 0 bridgehead atoms. The number of carboxylic acids is 1. The van der Waals surface area contributed by atoms with Crippen molar-refractivity contribution in [1.82, 2.24) is 9.80 Å². The van der Waals surface area contributed by atoms with Crippen LogP contribution in [0.1, 0.15) is 19.4 Å². The van der Waals surface area contributed by atoms with Crippen LogP contribution < -0.4 is 0 Å². The van der Waals surface area contributed by atoms with Gasteiger partial charge in [-0.15, -0.1) is 0 Å². The predicted octanol–water partition coefficient (Wildman–Crippen LogP) is 2.45. The molecule has 0 radical (unpaired) electrons. The fourth-order valence-electron chi connectivity index (χ4n) is 2.12. The summed E-state index contributed by atoms with van der Waals surface area (Å²) < 4.78 is 1.00. The molecule has 22 heavy (non-hydrogen) atoms. The zero-order valence-electron chi connectivity index (χ0n) is 13.4. The summed E-state index contributed by atoms with van der Waals surface area (Å²) in [5.74, 6) is -1.38. The summed E-state index contributed by atoms with van der Waals surface area (Å²) in [4.78, 5) is 26.8. The van der Waals surface area contributed by atoms with E-state index in [1.54, 1.807) is 37.7 Å². The third kappa shape index (κ3) is 5.42. The third-order valence-electron chi connectivity index (χ3n) is 3.71. The Balaban J connectivity index is 2.61. The molecule has 2 atom stereocenters. The van der Waals surface area contributed by atoms with Crippen LogP contribution in [0.25, 0.3) is 0 Å². The van der Waals surface area contributed by atoms with Gasteiger partial charge in [0.15, 0.2) is 0 Å². The normalized spacial score (nSPS) is 13.7. The lowest BCUT2D eigenvalue weighted by molar-refractivity contribution is -0.143. The van der Waals surface area contributed by atoms with E-state index < -0.39 is 11.9 Å². The number of carbonyl (C=O) groups is 2. The number of likely N-dealkylation sites (N-methyl/N-ethyl adjacent to an activating group) is 2. The van der Waals surface area contributed by atoms with Crippen molar-refractivity contribution in [1.29, 1.82) is 0 Å². The first-order chi connectivity index (χ1) is 10.2. The lowest BCUT2D eigenvalue weighted by Crippen LogP contribution is -2.45. The van der Waals surface area contributed by atoms with Gasteiger partial charge in [-0.25, -0.2) is 0 Å². The van der Waals surface area contributed by atoms with Crippen molar-refractivity contribution in [2.24, 2.45) is 5.92 Å². The third-order valence-corrected chi connectivity index (χ3v) is 4.24. The summed E-state index contributed by atoms with van der Waals surface area (Å²) in [6.07, 6.45) is 0. The maximum Gasteiger partial charge on any atom is 0.307 e. The number of carbonyl (C=O) groups excluding carboxylic acids is 1. The summed E-state index contributed by atoms with van der Waals surface area (Å²) >= 11 is 3.38. The van der Waals surface area contributed by atoms with E-state index in [1.807, 2.05) is 24.3 Å². The highest BCUT2D eigenvalue weighted by atomic mass is 79.9. The summed E-state index contributed by atoms with van der Waals surface area (Å²) in [5.41, 5.74) is 1.05. The van der Waals surface area contributed by atoms with Gasteiger partial charge in [0.25, 0.3) is 0 Å². The van der Waals surface area contributed by atoms with Gasteiger partial charge in [0.2, 0.25) is 5.91 Å². The van der Waals surface area contributed by atoms with E-state index >= 15 is 0 Å². The fraction of sp³-hybridized carbons (Fsp3) is 0.500. The van der Waals surface area contributed by atoms with Gasteiger partial charge in [0.05, 0.1) is 12.0 Å². The summed E-state index contributed by atoms with van der Waals surface area (Å²) in [6.45, 7) is 4.31. The van der Waals surface area contributed by atoms with Crippen LogP contribution in [0, 0.1) is 5.92 Å². The van der Waals surface area contributed by atoms with Crippen molar-refractivity contribution in [3.8, 4) is 0 Å². The van der Waals surface area contributed by atoms with Crippen LogP contribution in [0.4, 0.5) is 0 Å². The zero-order chi connectivity index (χ0) is 16.9. The van der Waals surface area contributed by atoms with Crippen molar-refractivity contribution < 1.29 is 14.7 Å². The topological polar surface area (TPSA) is 60.9 Å². The summed E-state index contributed by atoms with van der Waals surface area (Å²) in [5, 5.41) is 8.95. The lowest BCUT2D eigenvalue weighted by Gasteiger charge is -2.29. The molecule has 1 rings (SSSR count). The number of benzene rings is 1. The molecular weight excluding hydrogens is 348 g/mol. The quantitative estimate of drug-likeness (QED) is 0.800. The summed E-state index contributed by atoms with van der Waals surface area (Å²) in [7, 11) is 3.53. The zero-order valence-corrected chi connectivity index (χ0v) is 15.0. The minimum absolute atomic E-state index is 0.0250. The molecule has 1 amide bonds. The monoisotopic (exact) mass is 370 g/mol. The molecule has 5 nitrogen and oxygen atoms in total. The SMILES string of the molecule is CC(CN(C)C(C)C(=O)N(C)Cc1ccc(Br)cc1)C(=O)O. The Kier molecular flexibility index (Phi) is 7.03. The minimum atomic E-state index is -0.852. The Labute approximate surface area is 140 Å². The largest absolute Gasteiger partial charge is 0.481 e. The van der Waals surface area contributed by atoms with Crippen LogP contribution in [-0.2, 0) is 16.1 Å². The molecular formula is C16H23BrN2O3. The molecule has 0 aliphatic rings. The molecule has 0 heterocycles. The molecule has 0 aliphatic heterocycles. The molecule has 6 heteroatoms. The van der Waals surface area contributed by atoms with Crippen LogP contribution in [0.3, 0.4) is 0 Å². The second-order valence-corrected chi connectivity index (χ2v) is 6.59. The highest BCUT2D eigenvalue weighted by Crippen LogP contribution is 2.13. The first-order valence-corrected chi connectivity index (χ1v) is 7.94. The molecule has 1 aromatic carbocycles. The molecule has 0 aromatic heterocycles. The first-order valence-electron chi connectivity index (χ1n) is 7.14. The van der Waals surface area contributed by atoms with Crippen LogP contribution >= 0.6 is 15.9 Å². The van der Waals surface area contributed by atoms with E-state index in [4.69, 9.17) is 5.11 Å². The van der Waals surface area contributed by atoms with Gasteiger partial charge in [0.1, 0.15) is 0 Å². The van der Waals surface area contributed by atoms with Crippen LogP contribution in [0.2, 0.25) is 0 Å². The average Bonchev–Trinajstić information content (AvgIpc) is 2.47. The number of nitrogens with zero attached hydrogens (tertiary/aromatic N) is 2. The van der Waals surface area contributed by atoms with Crippen molar-refractivity contribution in [3.05, 3.63) is 34.3 Å². The number of hydrogen-bond donors (Lipinski definition) is 1. The van der Waals surface area contributed by atoms with E-state index in [2.05, 4.69) is 15.9 Å². The average molecular weight is 371 g/mol. The lowest BCUT2D eigenvalue weighted by atomic mass is 10.1. The van der Waals surface area contributed by atoms with Crippen molar-refractivity contribution in [2.45, 2.75) is 26.4 Å². The van der Waals surface area contributed by atoms with Crippen molar-refractivity contribution >= 4 is 27.8 Å². The predicted molar refractivity (Wildman–Crippen MR) is 89.5 cm³/mol. The van der Waals surface area contributed by atoms with Gasteiger partial charge in [-0.05, 0) is 31.7 Å². The number of halogens is 1. The van der Waals surface area contributed by atoms with E-state index in [9.17, 15) is 9.59 Å². The Hall–Kier alpha value is -1.40. The standard InChI is InChI=1S/C16H23BrN2O3/c1-11(16(21)22)9-18(3)12(2)15(20)19(4)10-13-5-7-14(17)8-6-13/h5-8,11-12H,9-10H2,1-4H3,(H,21,22). The molecule has 0 saturated carbocycles. The molecule has 0 aliphatic carbocycles. The Bertz CT molecular complexity index is 519. The molecule has 2 unspecified atom stereocenters. The van der Waals surface area contributed by atoms with Crippen molar-refractivity contribution in [3.63, 3.8) is 0 Å². The van der Waals surface area contributed by atoms with Crippen LogP contribution in [0.5, 0.6) is 0 Å². The van der Waals surface area contributed by atoms with Crippen LogP contribution in [-0.4, -0.2) is 53.5 Å². The number of rotatable bonds is 7. The molecule has 122 valence electrons. The Morgan fingerprint density at radius 1 is 1.18 bits per heavy atom. The van der Waals surface area contributed by atoms with E-state index in [0.717, 1.165) is 10.0 Å². The van der Waals surface area contributed by atoms with Gasteiger partial charge in [-0.1, -0.05) is 35.0 Å². The van der Waals surface area contributed by atoms with Gasteiger partial charge >= 0.3 is 5.97 Å². The van der Waals surface area contributed by atoms with E-state index in [-0.39, 0.29) is 11.9 Å². The maximum atomic E-state index is 12.4. The Morgan fingerprint density at radius 2 is 1.73 bits per heavy atom. The fourth-order valence-corrected chi connectivity index (χ4v) is 2.38. The minimum Gasteiger partial charge on any atom is -0.481 e.